The van der Waals surface area contributed by atoms with Crippen molar-refractivity contribution in [2.45, 2.75) is 45.6 Å². The summed E-state index contributed by atoms with van der Waals surface area (Å²) in [5.74, 6) is 0.985. The zero-order valence-electron chi connectivity index (χ0n) is 14.9. The fourth-order valence-corrected chi connectivity index (χ4v) is 3.19. The van der Waals surface area contributed by atoms with Crippen LogP contribution in [0.15, 0.2) is 12.1 Å². The minimum Gasteiger partial charge on any atom is -0.490 e. The highest BCUT2D eigenvalue weighted by atomic mass is 35.5. The van der Waals surface area contributed by atoms with Crippen molar-refractivity contribution in [3.63, 3.8) is 0 Å². The van der Waals surface area contributed by atoms with Gasteiger partial charge in [-0.05, 0) is 38.3 Å². The summed E-state index contributed by atoms with van der Waals surface area (Å²) in [5.41, 5.74) is 6.30. The van der Waals surface area contributed by atoms with Crippen molar-refractivity contribution in [2.75, 3.05) is 26.3 Å². The molecule has 1 aromatic rings. The van der Waals surface area contributed by atoms with Gasteiger partial charge in [0.2, 0.25) is 0 Å². The Bertz CT molecular complexity index is 569. The third-order valence-electron chi connectivity index (χ3n) is 4.21. The molecule has 1 saturated heterocycles. The molecule has 7 heteroatoms. The molecule has 142 valence electrons. The van der Waals surface area contributed by atoms with Crippen LogP contribution in [0.25, 0.3) is 0 Å². The second-order valence-corrected chi connectivity index (χ2v) is 6.36. The number of hydrogen-bond donors (Lipinski definition) is 1. The predicted molar refractivity (Wildman–Crippen MR) is 103 cm³/mol. The normalized spacial score (nSPS) is 16.5. The minimum atomic E-state index is -0.0501. The van der Waals surface area contributed by atoms with Crippen molar-refractivity contribution < 1.29 is 14.3 Å². The Hall–Kier alpha value is -1.17. The van der Waals surface area contributed by atoms with E-state index in [1.807, 2.05) is 11.8 Å². The van der Waals surface area contributed by atoms with Crippen LogP contribution in [0.5, 0.6) is 11.5 Å². The van der Waals surface area contributed by atoms with Crippen molar-refractivity contribution in [3.8, 4) is 11.5 Å². The van der Waals surface area contributed by atoms with Crippen molar-refractivity contribution in [1.29, 1.82) is 0 Å². The molecule has 0 aliphatic carbocycles. The molecule has 2 rings (SSSR count). The molecule has 1 unspecified atom stereocenters. The Kier molecular flexibility index (Phi) is 9.39. The van der Waals surface area contributed by atoms with Gasteiger partial charge in [0.15, 0.2) is 11.5 Å². The molecule has 1 fully saturated rings. The zero-order valence-corrected chi connectivity index (χ0v) is 16.5. The average Bonchev–Trinajstić information content (AvgIpc) is 3.05. The monoisotopic (exact) mass is 390 g/mol. The van der Waals surface area contributed by atoms with Crippen molar-refractivity contribution >= 4 is 29.9 Å². The first kappa shape index (κ1) is 21.9. The minimum absolute atomic E-state index is 0. The van der Waals surface area contributed by atoms with E-state index in [9.17, 15) is 4.79 Å². The molecule has 25 heavy (non-hydrogen) atoms. The molecular formula is C18H28Cl2N2O3. The molecule has 1 aliphatic heterocycles. The lowest BCUT2D eigenvalue weighted by Crippen LogP contribution is -2.39. The van der Waals surface area contributed by atoms with Gasteiger partial charge in [0.25, 0.3) is 5.91 Å². The number of likely N-dealkylation sites (tertiary alicyclic amines) is 1. The largest absolute Gasteiger partial charge is 0.490 e. The first-order chi connectivity index (χ1) is 11.6. The summed E-state index contributed by atoms with van der Waals surface area (Å²) < 4.78 is 11.4. The van der Waals surface area contributed by atoms with Gasteiger partial charge in [-0.1, -0.05) is 24.9 Å². The van der Waals surface area contributed by atoms with E-state index in [-0.39, 0.29) is 24.4 Å². The van der Waals surface area contributed by atoms with Crippen LogP contribution in [0.2, 0.25) is 5.02 Å². The number of rotatable bonds is 8. The fraction of sp³-hybridized carbons (Fsp3) is 0.611. The van der Waals surface area contributed by atoms with Crippen molar-refractivity contribution in [3.05, 3.63) is 22.7 Å². The highest BCUT2D eigenvalue weighted by molar-refractivity contribution is 6.32. The van der Waals surface area contributed by atoms with Crippen LogP contribution < -0.4 is 15.2 Å². The smallest absolute Gasteiger partial charge is 0.254 e. The second-order valence-electron chi connectivity index (χ2n) is 5.95. The number of ether oxygens (including phenoxy) is 2. The first-order valence-electron chi connectivity index (χ1n) is 8.72. The van der Waals surface area contributed by atoms with E-state index in [0.717, 1.165) is 32.2 Å². The summed E-state index contributed by atoms with van der Waals surface area (Å²) in [6, 6.07) is 3.50. The van der Waals surface area contributed by atoms with Crippen LogP contribution in [0.4, 0.5) is 0 Å². The van der Waals surface area contributed by atoms with E-state index in [2.05, 4.69) is 6.92 Å². The average molecular weight is 391 g/mol. The fourth-order valence-electron chi connectivity index (χ4n) is 2.93. The number of unbranched alkanes of at least 4 members (excludes halogenated alkanes) is 1. The third kappa shape index (κ3) is 5.40. The van der Waals surface area contributed by atoms with E-state index < -0.39 is 0 Å². The van der Waals surface area contributed by atoms with Gasteiger partial charge in [-0.15, -0.1) is 12.4 Å². The molecule has 0 radical (unpaired) electrons. The molecule has 5 nitrogen and oxygen atoms in total. The number of carbonyl (C=O) groups excluding carboxylic acids is 1. The molecule has 2 N–H and O–H groups in total. The van der Waals surface area contributed by atoms with E-state index in [1.54, 1.807) is 12.1 Å². The van der Waals surface area contributed by atoms with Crippen LogP contribution in [-0.4, -0.2) is 43.2 Å². The molecule has 1 aliphatic rings. The zero-order chi connectivity index (χ0) is 17.5. The van der Waals surface area contributed by atoms with Gasteiger partial charge >= 0.3 is 0 Å². The lowest BCUT2D eigenvalue weighted by Gasteiger charge is -2.24. The van der Waals surface area contributed by atoms with Gasteiger partial charge in [0.1, 0.15) is 0 Å². The molecule has 1 heterocycles. The third-order valence-corrected chi connectivity index (χ3v) is 4.49. The molecule has 0 spiro atoms. The standard InChI is InChI=1S/C18H27ClN2O3.ClH/c1-3-5-9-24-17-15(19)10-13(11-16(17)23-4-2)18(22)21-8-6-7-14(21)12-20;/h10-11,14H,3-9,12,20H2,1-2H3;1H. The number of carbonyl (C=O) groups is 1. The number of nitrogens with two attached hydrogens (primary N) is 1. The van der Waals surface area contributed by atoms with Crippen molar-refractivity contribution in [2.24, 2.45) is 5.73 Å². The Labute approximate surface area is 161 Å². The maximum Gasteiger partial charge on any atom is 0.254 e. The van der Waals surface area contributed by atoms with Crippen molar-refractivity contribution in [1.82, 2.24) is 4.90 Å². The van der Waals surface area contributed by atoms with Crippen LogP contribution >= 0.6 is 24.0 Å². The molecule has 0 bridgehead atoms. The van der Waals surface area contributed by atoms with Crippen LogP contribution in [-0.2, 0) is 0 Å². The number of benzene rings is 1. The van der Waals surface area contributed by atoms with Gasteiger partial charge in [0.05, 0.1) is 18.2 Å². The quantitative estimate of drug-likeness (QED) is 0.683. The maximum absolute atomic E-state index is 12.8. The molecule has 1 atom stereocenters. The molecule has 0 saturated carbocycles. The highest BCUT2D eigenvalue weighted by Gasteiger charge is 2.29. The lowest BCUT2D eigenvalue weighted by molar-refractivity contribution is 0.0740. The molecule has 0 aromatic heterocycles. The van der Waals surface area contributed by atoms with E-state index in [4.69, 9.17) is 26.8 Å². The van der Waals surface area contributed by atoms with E-state index >= 15 is 0 Å². The summed E-state index contributed by atoms with van der Waals surface area (Å²) in [6.07, 6.45) is 3.91. The Balaban J connectivity index is 0.00000312. The molecule has 1 amide bonds. The predicted octanol–water partition coefficient (Wildman–Crippen LogP) is 3.90. The highest BCUT2D eigenvalue weighted by Crippen LogP contribution is 2.37. The Morgan fingerprint density at radius 3 is 2.76 bits per heavy atom. The summed E-state index contributed by atoms with van der Waals surface area (Å²) in [7, 11) is 0. The number of nitrogens with zero attached hydrogens (tertiary/aromatic N) is 1. The summed E-state index contributed by atoms with van der Waals surface area (Å²) in [6.45, 7) is 6.26. The van der Waals surface area contributed by atoms with Gasteiger partial charge in [-0.25, -0.2) is 0 Å². The van der Waals surface area contributed by atoms with Crippen LogP contribution in [0.3, 0.4) is 0 Å². The van der Waals surface area contributed by atoms with Gasteiger partial charge in [-0.2, -0.15) is 0 Å². The number of halogens is 2. The van der Waals surface area contributed by atoms with E-state index in [0.29, 0.717) is 41.8 Å². The Morgan fingerprint density at radius 2 is 2.12 bits per heavy atom. The SMILES string of the molecule is CCCCOc1c(Cl)cc(C(=O)N2CCCC2CN)cc1OCC.Cl. The van der Waals surface area contributed by atoms with E-state index in [1.165, 1.54) is 0 Å². The number of amides is 1. The maximum atomic E-state index is 12.8. The molecule has 1 aromatic carbocycles. The summed E-state index contributed by atoms with van der Waals surface area (Å²) in [5, 5.41) is 0.406. The summed E-state index contributed by atoms with van der Waals surface area (Å²) >= 11 is 6.37. The first-order valence-corrected chi connectivity index (χ1v) is 9.10. The van der Waals surface area contributed by atoms with Crippen LogP contribution in [0.1, 0.15) is 49.9 Å². The molecular weight excluding hydrogens is 363 g/mol. The summed E-state index contributed by atoms with van der Waals surface area (Å²) in [4.78, 5) is 14.6. The topological polar surface area (TPSA) is 64.8 Å². The number of hydrogen-bond acceptors (Lipinski definition) is 4. The van der Waals surface area contributed by atoms with Gasteiger partial charge in [0, 0.05) is 24.7 Å². The van der Waals surface area contributed by atoms with Gasteiger partial charge in [-0.3, -0.25) is 4.79 Å². The van der Waals surface area contributed by atoms with Gasteiger partial charge < -0.3 is 20.1 Å². The lowest BCUT2D eigenvalue weighted by atomic mass is 10.1. The second kappa shape index (κ2) is 10.7. The Morgan fingerprint density at radius 1 is 1.36 bits per heavy atom. The van der Waals surface area contributed by atoms with Crippen LogP contribution in [0, 0.1) is 0 Å².